The first-order valence-corrected chi connectivity index (χ1v) is 7.54. The Bertz CT molecular complexity index is 511. The largest absolute Gasteiger partial charge is 0.492 e. The molecule has 2 amide bonds. The molecular formula is C15H24N4O4. The van der Waals surface area contributed by atoms with Gasteiger partial charge in [0.1, 0.15) is 11.3 Å². The Labute approximate surface area is 135 Å². The van der Waals surface area contributed by atoms with Crippen molar-refractivity contribution in [3.05, 3.63) is 18.1 Å². The lowest BCUT2D eigenvalue weighted by Gasteiger charge is -2.19. The summed E-state index contributed by atoms with van der Waals surface area (Å²) in [6, 6.07) is 0. The summed E-state index contributed by atoms with van der Waals surface area (Å²) in [7, 11) is 0. The van der Waals surface area contributed by atoms with E-state index in [0.29, 0.717) is 13.1 Å². The minimum absolute atomic E-state index is 0.161. The van der Waals surface area contributed by atoms with Gasteiger partial charge in [-0.3, -0.25) is 4.79 Å². The zero-order valence-corrected chi connectivity index (χ0v) is 13.8. The monoisotopic (exact) mass is 324 g/mol. The van der Waals surface area contributed by atoms with E-state index in [1.54, 1.807) is 0 Å². The van der Waals surface area contributed by atoms with Crippen molar-refractivity contribution in [2.24, 2.45) is 0 Å². The number of rotatable bonds is 7. The summed E-state index contributed by atoms with van der Waals surface area (Å²) in [5, 5.41) is 14.4. The highest BCUT2D eigenvalue weighted by molar-refractivity contribution is 5.91. The topological polar surface area (TPSA) is 113 Å². The lowest BCUT2D eigenvalue weighted by molar-refractivity contribution is 0.0527. The van der Waals surface area contributed by atoms with Crippen LogP contribution in [0.3, 0.4) is 0 Å². The van der Waals surface area contributed by atoms with E-state index in [4.69, 9.17) is 9.84 Å². The Morgan fingerprint density at radius 3 is 2.30 bits per heavy atom. The van der Waals surface area contributed by atoms with Gasteiger partial charge in [0.2, 0.25) is 5.88 Å². The van der Waals surface area contributed by atoms with Crippen LogP contribution in [0.5, 0.6) is 5.88 Å². The summed E-state index contributed by atoms with van der Waals surface area (Å²) in [4.78, 5) is 30.5. The van der Waals surface area contributed by atoms with E-state index < -0.39 is 11.7 Å². The zero-order chi connectivity index (χ0) is 17.3. The van der Waals surface area contributed by atoms with Crippen LogP contribution in [-0.4, -0.2) is 45.8 Å². The second kappa shape index (κ2) is 8.92. The third-order valence-corrected chi connectivity index (χ3v) is 2.68. The van der Waals surface area contributed by atoms with Crippen molar-refractivity contribution >= 4 is 12.0 Å². The number of aromatic hydroxyl groups is 1. The van der Waals surface area contributed by atoms with Crippen LogP contribution < -0.4 is 10.6 Å². The van der Waals surface area contributed by atoms with Gasteiger partial charge in [-0.1, -0.05) is 0 Å². The van der Waals surface area contributed by atoms with Gasteiger partial charge < -0.3 is 20.5 Å². The van der Waals surface area contributed by atoms with Gasteiger partial charge in [0.25, 0.3) is 5.91 Å². The molecule has 0 bridgehead atoms. The van der Waals surface area contributed by atoms with Crippen LogP contribution in [0.15, 0.2) is 12.4 Å². The predicted molar refractivity (Wildman–Crippen MR) is 84.1 cm³/mol. The quantitative estimate of drug-likeness (QED) is 0.657. The number of nitrogens with one attached hydrogen (secondary N) is 2. The van der Waals surface area contributed by atoms with Crippen molar-refractivity contribution in [2.75, 3.05) is 13.1 Å². The predicted octanol–water partition coefficient (Wildman–Crippen LogP) is 1.61. The lowest BCUT2D eigenvalue weighted by Crippen LogP contribution is -2.33. The maximum atomic E-state index is 11.7. The number of amides is 2. The Morgan fingerprint density at radius 2 is 1.74 bits per heavy atom. The molecule has 1 rings (SSSR count). The van der Waals surface area contributed by atoms with E-state index >= 15 is 0 Å². The summed E-state index contributed by atoms with van der Waals surface area (Å²) in [5.41, 5.74) is -0.333. The number of hydrogen-bond donors (Lipinski definition) is 3. The smallest absolute Gasteiger partial charge is 0.407 e. The standard InChI is InChI=1S/C15H24N4O4/c1-15(2,3)23-14(22)17-8-6-4-5-7-16-13(21)11-9-19-12(20)10-18-11/h9-10H,4-8H2,1-3H3,(H,16,21)(H,17,22)(H,19,20). The second-order valence-corrected chi connectivity index (χ2v) is 6.01. The Balaban J connectivity index is 2.06. The number of ether oxygens (including phenoxy) is 1. The highest BCUT2D eigenvalue weighted by Crippen LogP contribution is 2.06. The number of unbranched alkanes of at least 4 members (excludes halogenated alkanes) is 2. The molecule has 3 N–H and O–H groups in total. The van der Waals surface area contributed by atoms with Crippen molar-refractivity contribution < 1.29 is 19.4 Å². The third-order valence-electron chi connectivity index (χ3n) is 2.68. The molecule has 0 aliphatic heterocycles. The number of alkyl carbamates (subject to hydrolysis) is 1. The van der Waals surface area contributed by atoms with Crippen molar-refractivity contribution in [3.8, 4) is 5.88 Å². The van der Waals surface area contributed by atoms with Crippen molar-refractivity contribution in [1.82, 2.24) is 20.6 Å². The van der Waals surface area contributed by atoms with Gasteiger partial charge in [0, 0.05) is 13.1 Å². The van der Waals surface area contributed by atoms with E-state index in [-0.39, 0.29) is 17.5 Å². The first-order chi connectivity index (χ1) is 10.8. The normalized spacial score (nSPS) is 10.9. The van der Waals surface area contributed by atoms with Crippen LogP contribution in [0.25, 0.3) is 0 Å². The molecule has 0 fully saturated rings. The van der Waals surface area contributed by atoms with Gasteiger partial charge in [0.05, 0.1) is 12.4 Å². The minimum Gasteiger partial charge on any atom is -0.492 e. The number of aromatic nitrogens is 2. The molecule has 0 aliphatic carbocycles. The van der Waals surface area contributed by atoms with E-state index in [0.717, 1.165) is 25.5 Å². The molecule has 0 aliphatic rings. The molecule has 23 heavy (non-hydrogen) atoms. The Kier molecular flexibility index (Phi) is 7.24. The van der Waals surface area contributed by atoms with Gasteiger partial charge >= 0.3 is 6.09 Å². The molecule has 0 saturated carbocycles. The molecule has 0 unspecified atom stereocenters. The molecule has 8 heteroatoms. The van der Waals surface area contributed by atoms with Crippen LogP contribution >= 0.6 is 0 Å². The number of hydrogen-bond acceptors (Lipinski definition) is 6. The molecule has 1 aromatic rings. The van der Waals surface area contributed by atoms with Gasteiger partial charge in [-0.05, 0) is 40.0 Å². The molecule has 0 aromatic carbocycles. The van der Waals surface area contributed by atoms with Crippen LogP contribution in [0.2, 0.25) is 0 Å². The Morgan fingerprint density at radius 1 is 1.09 bits per heavy atom. The maximum Gasteiger partial charge on any atom is 0.407 e. The van der Waals surface area contributed by atoms with E-state index in [9.17, 15) is 9.59 Å². The molecule has 0 radical (unpaired) electrons. The fraction of sp³-hybridized carbons (Fsp3) is 0.600. The summed E-state index contributed by atoms with van der Waals surface area (Å²) in [6.45, 7) is 6.48. The van der Waals surface area contributed by atoms with Gasteiger partial charge in [0.15, 0.2) is 0 Å². The molecule has 0 atom stereocenters. The molecule has 0 saturated heterocycles. The summed E-state index contributed by atoms with van der Waals surface area (Å²) < 4.78 is 5.12. The van der Waals surface area contributed by atoms with Gasteiger partial charge in [-0.15, -0.1) is 0 Å². The fourth-order valence-corrected chi connectivity index (χ4v) is 1.66. The van der Waals surface area contributed by atoms with E-state index in [1.807, 2.05) is 20.8 Å². The SMILES string of the molecule is CC(C)(C)OC(=O)NCCCCCNC(=O)c1cnc(O)cn1. The summed E-state index contributed by atoms with van der Waals surface area (Å²) in [6.07, 6.45) is 4.36. The first kappa shape index (κ1) is 18.7. The average molecular weight is 324 g/mol. The highest BCUT2D eigenvalue weighted by atomic mass is 16.6. The summed E-state index contributed by atoms with van der Waals surface area (Å²) in [5.74, 6) is -0.552. The average Bonchev–Trinajstić information content (AvgIpc) is 2.45. The molecule has 0 spiro atoms. The van der Waals surface area contributed by atoms with Crippen LogP contribution in [0, 0.1) is 0 Å². The van der Waals surface area contributed by atoms with Gasteiger partial charge in [-0.25, -0.2) is 14.8 Å². The highest BCUT2D eigenvalue weighted by Gasteiger charge is 2.15. The van der Waals surface area contributed by atoms with Crippen LogP contribution in [0.1, 0.15) is 50.5 Å². The third kappa shape index (κ3) is 8.60. The summed E-state index contributed by atoms with van der Waals surface area (Å²) >= 11 is 0. The molecule has 8 nitrogen and oxygen atoms in total. The lowest BCUT2D eigenvalue weighted by atomic mass is 10.2. The van der Waals surface area contributed by atoms with Gasteiger partial charge in [-0.2, -0.15) is 0 Å². The molecule has 1 heterocycles. The molecule has 128 valence electrons. The minimum atomic E-state index is -0.495. The van der Waals surface area contributed by atoms with Crippen molar-refractivity contribution in [2.45, 2.75) is 45.6 Å². The van der Waals surface area contributed by atoms with Crippen molar-refractivity contribution in [3.63, 3.8) is 0 Å². The van der Waals surface area contributed by atoms with Crippen LogP contribution in [0.4, 0.5) is 4.79 Å². The van der Waals surface area contributed by atoms with Crippen molar-refractivity contribution in [1.29, 1.82) is 0 Å². The first-order valence-electron chi connectivity index (χ1n) is 7.54. The van der Waals surface area contributed by atoms with E-state index in [1.165, 1.54) is 6.20 Å². The molecular weight excluding hydrogens is 300 g/mol. The van der Waals surface area contributed by atoms with Crippen LogP contribution in [-0.2, 0) is 4.74 Å². The van der Waals surface area contributed by atoms with E-state index in [2.05, 4.69) is 20.6 Å². The Hall–Kier alpha value is -2.38. The maximum absolute atomic E-state index is 11.7. The zero-order valence-electron chi connectivity index (χ0n) is 13.8. The second-order valence-electron chi connectivity index (χ2n) is 6.01. The number of carbonyl (C=O) groups excluding carboxylic acids is 2. The number of nitrogens with zero attached hydrogens (tertiary/aromatic N) is 2. The number of carbonyl (C=O) groups is 2. The fourth-order valence-electron chi connectivity index (χ4n) is 1.66. The molecule has 1 aromatic heterocycles.